The van der Waals surface area contributed by atoms with Crippen LogP contribution in [0.4, 0.5) is 4.79 Å². The van der Waals surface area contributed by atoms with Crippen molar-refractivity contribution in [2.45, 2.75) is 24.8 Å². The minimum absolute atomic E-state index is 0.0473. The predicted octanol–water partition coefficient (Wildman–Crippen LogP) is 2.75. The Balaban J connectivity index is 2.17. The maximum absolute atomic E-state index is 12.1. The molecule has 6 heteroatoms. The Kier molecular flexibility index (Phi) is 4.82. The topological polar surface area (TPSA) is 75.3 Å². The molecule has 0 heterocycles. The lowest BCUT2D eigenvalue weighted by Crippen LogP contribution is -2.42. The number of hydrogen-bond donors (Lipinski definition) is 2. The van der Waals surface area contributed by atoms with Crippen LogP contribution in [0, 0.1) is 0 Å². The van der Waals surface area contributed by atoms with Crippen molar-refractivity contribution in [3.05, 3.63) is 54.6 Å². The third-order valence-corrected chi connectivity index (χ3v) is 4.27. The summed E-state index contributed by atoms with van der Waals surface area (Å²) in [6.45, 7) is 3.50. The minimum atomic E-state index is -3.87. The first kappa shape index (κ1) is 16.0. The number of hydrogen-bond acceptors (Lipinski definition) is 3. The highest BCUT2D eigenvalue weighted by Crippen LogP contribution is 2.20. The molecule has 0 aliphatic carbocycles. The maximum Gasteiger partial charge on any atom is 0.328 e. The van der Waals surface area contributed by atoms with Crippen LogP contribution >= 0.6 is 0 Å². The number of urea groups is 1. The van der Waals surface area contributed by atoms with E-state index < -0.39 is 16.1 Å². The second kappa shape index (κ2) is 6.62. The van der Waals surface area contributed by atoms with Crippen molar-refractivity contribution in [3.63, 3.8) is 0 Å². The van der Waals surface area contributed by atoms with Gasteiger partial charge in [0.25, 0.3) is 10.0 Å². The first-order chi connectivity index (χ1) is 10.4. The minimum Gasteiger partial charge on any atom is -0.335 e. The molecule has 2 aromatic carbocycles. The fourth-order valence-electron chi connectivity index (χ4n) is 1.93. The average molecular weight is 318 g/mol. The quantitative estimate of drug-likeness (QED) is 0.910. The van der Waals surface area contributed by atoms with Gasteiger partial charge in [-0.25, -0.2) is 17.9 Å². The number of sulfonamides is 1. The van der Waals surface area contributed by atoms with Gasteiger partial charge in [-0.05, 0) is 37.1 Å². The van der Waals surface area contributed by atoms with Gasteiger partial charge in [0.15, 0.2) is 0 Å². The van der Waals surface area contributed by atoms with Gasteiger partial charge in [-0.2, -0.15) is 0 Å². The molecule has 0 fully saturated rings. The fourth-order valence-corrected chi connectivity index (χ4v) is 2.84. The highest BCUT2D eigenvalue weighted by molar-refractivity contribution is 7.90. The standard InChI is InChI=1S/C16H18N2O3S/c1-12(2)17-16(19)18-22(20,21)15-10-8-14(9-11-15)13-6-4-3-5-7-13/h3-12H,1-2H3,(H2,17,18,19). The Morgan fingerprint density at radius 3 is 2.00 bits per heavy atom. The summed E-state index contributed by atoms with van der Waals surface area (Å²) in [5.41, 5.74) is 1.91. The van der Waals surface area contributed by atoms with Crippen molar-refractivity contribution in [2.75, 3.05) is 0 Å². The molecule has 2 aromatic rings. The molecular formula is C16H18N2O3S. The van der Waals surface area contributed by atoms with Crippen molar-refractivity contribution in [3.8, 4) is 11.1 Å². The Morgan fingerprint density at radius 1 is 0.909 bits per heavy atom. The van der Waals surface area contributed by atoms with Crippen molar-refractivity contribution >= 4 is 16.1 Å². The summed E-state index contributed by atoms with van der Waals surface area (Å²) in [5, 5.41) is 2.48. The molecule has 0 unspecified atom stereocenters. The summed E-state index contributed by atoms with van der Waals surface area (Å²) >= 11 is 0. The summed E-state index contributed by atoms with van der Waals surface area (Å²) < 4.78 is 26.2. The molecule has 5 nitrogen and oxygen atoms in total. The van der Waals surface area contributed by atoms with Crippen LogP contribution in [0.15, 0.2) is 59.5 Å². The molecule has 0 spiro atoms. The fraction of sp³-hybridized carbons (Fsp3) is 0.188. The Morgan fingerprint density at radius 2 is 1.45 bits per heavy atom. The number of benzene rings is 2. The Labute approximate surface area is 130 Å². The van der Waals surface area contributed by atoms with E-state index >= 15 is 0 Å². The third kappa shape index (κ3) is 4.08. The zero-order valence-electron chi connectivity index (χ0n) is 12.4. The van der Waals surface area contributed by atoms with E-state index in [2.05, 4.69) is 5.32 Å². The van der Waals surface area contributed by atoms with Crippen LogP contribution in [0.25, 0.3) is 11.1 Å². The zero-order valence-corrected chi connectivity index (χ0v) is 13.2. The van der Waals surface area contributed by atoms with Crippen molar-refractivity contribution < 1.29 is 13.2 Å². The normalized spacial score (nSPS) is 11.2. The van der Waals surface area contributed by atoms with E-state index in [4.69, 9.17) is 0 Å². The van der Waals surface area contributed by atoms with Crippen LogP contribution < -0.4 is 10.0 Å². The highest BCUT2D eigenvalue weighted by atomic mass is 32.2. The Hall–Kier alpha value is -2.34. The van der Waals surface area contributed by atoms with Gasteiger partial charge in [-0.1, -0.05) is 42.5 Å². The molecule has 0 saturated heterocycles. The maximum atomic E-state index is 12.1. The molecule has 0 aliphatic heterocycles. The lowest BCUT2D eigenvalue weighted by molar-refractivity contribution is 0.243. The predicted molar refractivity (Wildman–Crippen MR) is 85.9 cm³/mol. The van der Waals surface area contributed by atoms with E-state index in [1.54, 1.807) is 26.0 Å². The van der Waals surface area contributed by atoms with Crippen molar-refractivity contribution in [1.29, 1.82) is 0 Å². The van der Waals surface area contributed by atoms with Crippen LogP contribution in [0.5, 0.6) is 0 Å². The van der Waals surface area contributed by atoms with Gasteiger partial charge < -0.3 is 5.32 Å². The molecule has 22 heavy (non-hydrogen) atoms. The monoisotopic (exact) mass is 318 g/mol. The molecule has 0 bridgehead atoms. The lowest BCUT2D eigenvalue weighted by Gasteiger charge is -2.11. The first-order valence-corrected chi connectivity index (χ1v) is 8.35. The number of nitrogens with one attached hydrogen (secondary N) is 2. The third-order valence-electron chi connectivity index (χ3n) is 2.92. The number of carbonyl (C=O) groups is 1. The molecule has 0 radical (unpaired) electrons. The van der Waals surface area contributed by atoms with E-state index in [1.807, 2.05) is 35.1 Å². The smallest absolute Gasteiger partial charge is 0.328 e. The lowest BCUT2D eigenvalue weighted by atomic mass is 10.1. The molecule has 2 rings (SSSR count). The van der Waals surface area contributed by atoms with E-state index in [0.29, 0.717) is 0 Å². The van der Waals surface area contributed by atoms with Crippen molar-refractivity contribution in [2.24, 2.45) is 0 Å². The molecule has 116 valence electrons. The SMILES string of the molecule is CC(C)NC(=O)NS(=O)(=O)c1ccc(-c2ccccc2)cc1. The average Bonchev–Trinajstić information content (AvgIpc) is 2.47. The number of carbonyl (C=O) groups excluding carboxylic acids is 1. The van der Waals surface area contributed by atoms with Gasteiger partial charge >= 0.3 is 6.03 Å². The van der Waals surface area contributed by atoms with Gasteiger partial charge in [0.05, 0.1) is 4.90 Å². The summed E-state index contributed by atoms with van der Waals surface area (Å²) in [5.74, 6) is 0. The van der Waals surface area contributed by atoms with Gasteiger partial charge in [0.1, 0.15) is 0 Å². The summed E-state index contributed by atoms with van der Waals surface area (Å²) in [7, 11) is -3.87. The summed E-state index contributed by atoms with van der Waals surface area (Å²) in [6, 6.07) is 15.1. The molecule has 2 amide bonds. The van der Waals surface area contributed by atoms with E-state index in [-0.39, 0.29) is 10.9 Å². The summed E-state index contributed by atoms with van der Waals surface area (Å²) in [6.07, 6.45) is 0. The van der Waals surface area contributed by atoms with E-state index in [0.717, 1.165) is 11.1 Å². The van der Waals surface area contributed by atoms with Gasteiger partial charge in [0, 0.05) is 6.04 Å². The first-order valence-electron chi connectivity index (χ1n) is 6.87. The molecule has 0 aromatic heterocycles. The number of rotatable bonds is 4. The second-order valence-corrected chi connectivity index (χ2v) is 6.81. The second-order valence-electron chi connectivity index (χ2n) is 5.12. The molecule has 2 N–H and O–H groups in total. The zero-order chi connectivity index (χ0) is 16.2. The molecule has 0 atom stereocenters. The van der Waals surface area contributed by atoms with Crippen LogP contribution in [0.3, 0.4) is 0 Å². The molecule has 0 saturated carbocycles. The van der Waals surface area contributed by atoms with Crippen LogP contribution in [-0.4, -0.2) is 20.5 Å². The van der Waals surface area contributed by atoms with Gasteiger partial charge in [-0.3, -0.25) is 0 Å². The molecule has 0 aliphatic rings. The largest absolute Gasteiger partial charge is 0.335 e. The van der Waals surface area contributed by atoms with Gasteiger partial charge in [-0.15, -0.1) is 0 Å². The van der Waals surface area contributed by atoms with E-state index in [9.17, 15) is 13.2 Å². The number of amides is 2. The highest BCUT2D eigenvalue weighted by Gasteiger charge is 2.17. The van der Waals surface area contributed by atoms with Crippen molar-refractivity contribution in [1.82, 2.24) is 10.0 Å². The molecular weight excluding hydrogens is 300 g/mol. The van der Waals surface area contributed by atoms with Crippen LogP contribution in [0.1, 0.15) is 13.8 Å². The Bertz CT molecular complexity index is 739. The van der Waals surface area contributed by atoms with Crippen LogP contribution in [0.2, 0.25) is 0 Å². The van der Waals surface area contributed by atoms with Crippen LogP contribution in [-0.2, 0) is 10.0 Å². The van der Waals surface area contributed by atoms with Gasteiger partial charge in [0.2, 0.25) is 0 Å². The summed E-state index contributed by atoms with van der Waals surface area (Å²) in [4.78, 5) is 11.6. The van der Waals surface area contributed by atoms with E-state index in [1.165, 1.54) is 12.1 Å².